The van der Waals surface area contributed by atoms with Gasteiger partial charge in [-0.15, -0.1) is 0 Å². The van der Waals surface area contributed by atoms with Gasteiger partial charge in [0.1, 0.15) is 5.82 Å². The van der Waals surface area contributed by atoms with Crippen molar-refractivity contribution in [1.82, 2.24) is 4.90 Å². The molecule has 1 amide bonds. The summed E-state index contributed by atoms with van der Waals surface area (Å²) < 4.78 is 13.7. The van der Waals surface area contributed by atoms with E-state index in [-0.39, 0.29) is 11.6 Å². The van der Waals surface area contributed by atoms with Crippen LogP contribution in [0.25, 0.3) is 0 Å². The lowest BCUT2D eigenvalue weighted by Crippen LogP contribution is -2.30. The van der Waals surface area contributed by atoms with Crippen LogP contribution in [-0.4, -0.2) is 29.9 Å². The second-order valence-electron chi connectivity index (χ2n) is 6.72. The molecule has 0 aromatic heterocycles. The van der Waals surface area contributed by atoms with E-state index in [1.165, 1.54) is 23.8 Å². The molecule has 2 aromatic rings. The first-order chi connectivity index (χ1) is 12.0. The Kier molecular flexibility index (Phi) is 5.34. The molecule has 2 atom stereocenters. The number of likely N-dealkylation sites (tertiary alicyclic amines) is 1. The van der Waals surface area contributed by atoms with Gasteiger partial charge in [0.05, 0.1) is 5.69 Å². The molecule has 3 rings (SSSR count). The summed E-state index contributed by atoms with van der Waals surface area (Å²) in [4.78, 5) is 14.5. The number of carbonyl (C=O) groups is 1. The molecule has 0 saturated carbocycles. The van der Waals surface area contributed by atoms with E-state index in [0.717, 1.165) is 13.0 Å². The number of amides is 1. The quantitative estimate of drug-likeness (QED) is 0.817. The minimum Gasteiger partial charge on any atom is -0.399 e. The largest absolute Gasteiger partial charge is 0.399 e. The fraction of sp³-hybridized carbons (Fsp3) is 0.350. The van der Waals surface area contributed by atoms with Gasteiger partial charge in [0.2, 0.25) is 5.91 Å². The third-order valence-electron chi connectivity index (χ3n) is 4.87. The van der Waals surface area contributed by atoms with Crippen LogP contribution in [0.2, 0.25) is 0 Å². The Labute approximate surface area is 147 Å². The minimum atomic E-state index is -0.471. The van der Waals surface area contributed by atoms with Crippen LogP contribution in [0.1, 0.15) is 31.2 Å². The van der Waals surface area contributed by atoms with Crippen molar-refractivity contribution in [2.75, 3.05) is 24.1 Å². The molecule has 1 aliphatic rings. The summed E-state index contributed by atoms with van der Waals surface area (Å²) in [5.41, 5.74) is 7.56. The molecule has 0 radical (unpaired) electrons. The summed E-state index contributed by atoms with van der Waals surface area (Å²) in [6.07, 6.45) is 1.43. The minimum absolute atomic E-state index is 0.140. The number of nitrogens with two attached hydrogens (primary N) is 1. The van der Waals surface area contributed by atoms with Gasteiger partial charge in [-0.3, -0.25) is 9.69 Å². The van der Waals surface area contributed by atoms with Crippen LogP contribution in [0.3, 0.4) is 0 Å². The van der Waals surface area contributed by atoms with E-state index >= 15 is 0 Å². The monoisotopic (exact) mass is 341 g/mol. The molecule has 3 N–H and O–H groups in total. The molecule has 0 bridgehead atoms. The topological polar surface area (TPSA) is 58.4 Å². The number of carbonyl (C=O) groups excluding carboxylic acids is 1. The first-order valence-electron chi connectivity index (χ1n) is 8.67. The van der Waals surface area contributed by atoms with Crippen molar-refractivity contribution in [2.45, 2.75) is 31.7 Å². The Hall–Kier alpha value is -2.40. The van der Waals surface area contributed by atoms with Gasteiger partial charge >= 0.3 is 0 Å². The Balaban J connectivity index is 1.53. The summed E-state index contributed by atoms with van der Waals surface area (Å²) in [5, 5.41) is 2.61. The molecule has 0 spiro atoms. The Morgan fingerprint density at radius 3 is 2.80 bits per heavy atom. The highest BCUT2D eigenvalue weighted by Gasteiger charge is 2.29. The lowest BCUT2D eigenvalue weighted by atomic mass is 9.97. The molecular weight excluding hydrogens is 317 g/mol. The number of nitrogens with one attached hydrogen (secondary N) is 1. The zero-order valence-corrected chi connectivity index (χ0v) is 14.4. The van der Waals surface area contributed by atoms with E-state index in [1.54, 1.807) is 0 Å². The number of nitrogens with zero attached hydrogens (tertiary/aromatic N) is 1. The zero-order chi connectivity index (χ0) is 17.8. The van der Waals surface area contributed by atoms with Crippen LogP contribution < -0.4 is 11.1 Å². The number of rotatable bonds is 5. The summed E-state index contributed by atoms with van der Waals surface area (Å²) in [5.74, 6) is -0.160. The predicted molar refractivity (Wildman–Crippen MR) is 98.9 cm³/mol. The van der Waals surface area contributed by atoms with Gasteiger partial charge in [-0.05, 0) is 43.0 Å². The number of anilines is 2. The molecule has 1 fully saturated rings. The molecule has 2 aromatic carbocycles. The first-order valence-corrected chi connectivity index (χ1v) is 8.67. The average Bonchev–Trinajstić information content (AvgIpc) is 2.98. The van der Waals surface area contributed by atoms with Crippen LogP contribution in [-0.2, 0) is 4.79 Å². The molecule has 132 valence electrons. The van der Waals surface area contributed by atoms with E-state index in [0.29, 0.717) is 30.6 Å². The highest BCUT2D eigenvalue weighted by molar-refractivity contribution is 5.91. The van der Waals surface area contributed by atoms with Crippen molar-refractivity contribution >= 4 is 17.3 Å². The van der Waals surface area contributed by atoms with Crippen molar-refractivity contribution in [3.63, 3.8) is 0 Å². The summed E-state index contributed by atoms with van der Waals surface area (Å²) in [7, 11) is 0. The van der Waals surface area contributed by atoms with Gasteiger partial charge in [0, 0.05) is 31.2 Å². The predicted octanol–water partition coefficient (Wildman–Crippen LogP) is 3.61. The molecule has 1 heterocycles. The van der Waals surface area contributed by atoms with Crippen molar-refractivity contribution in [2.24, 2.45) is 0 Å². The van der Waals surface area contributed by atoms with Crippen LogP contribution in [0, 0.1) is 5.82 Å². The SMILES string of the molecule is C[C@@H]1C[C@H](c2ccccc2)CN1CCC(=O)Nc1cc(N)ccc1F. The van der Waals surface area contributed by atoms with Gasteiger partial charge in [0.25, 0.3) is 0 Å². The molecule has 1 saturated heterocycles. The highest BCUT2D eigenvalue weighted by atomic mass is 19.1. The van der Waals surface area contributed by atoms with Crippen LogP contribution in [0.15, 0.2) is 48.5 Å². The van der Waals surface area contributed by atoms with E-state index < -0.39 is 5.82 Å². The van der Waals surface area contributed by atoms with Crippen molar-refractivity contribution < 1.29 is 9.18 Å². The fourth-order valence-electron chi connectivity index (χ4n) is 3.47. The molecule has 4 nitrogen and oxygen atoms in total. The molecular formula is C20H24FN3O. The summed E-state index contributed by atoms with van der Waals surface area (Å²) in [6.45, 7) is 3.81. The van der Waals surface area contributed by atoms with E-state index in [1.807, 2.05) is 6.07 Å². The lowest BCUT2D eigenvalue weighted by Gasteiger charge is -2.20. The van der Waals surface area contributed by atoms with E-state index in [2.05, 4.69) is 41.4 Å². The third kappa shape index (κ3) is 4.37. The number of halogens is 1. The molecule has 1 aliphatic heterocycles. The maximum atomic E-state index is 13.7. The number of nitrogen functional groups attached to an aromatic ring is 1. The maximum Gasteiger partial charge on any atom is 0.225 e. The lowest BCUT2D eigenvalue weighted by molar-refractivity contribution is -0.116. The number of hydrogen-bond acceptors (Lipinski definition) is 3. The zero-order valence-electron chi connectivity index (χ0n) is 14.4. The highest BCUT2D eigenvalue weighted by Crippen LogP contribution is 2.31. The third-order valence-corrected chi connectivity index (χ3v) is 4.87. The molecule has 0 unspecified atom stereocenters. The van der Waals surface area contributed by atoms with Crippen LogP contribution in [0.5, 0.6) is 0 Å². The molecule has 0 aliphatic carbocycles. The molecule has 5 heteroatoms. The van der Waals surface area contributed by atoms with Crippen molar-refractivity contribution in [3.8, 4) is 0 Å². The van der Waals surface area contributed by atoms with E-state index in [9.17, 15) is 9.18 Å². The smallest absolute Gasteiger partial charge is 0.225 e. The van der Waals surface area contributed by atoms with Crippen molar-refractivity contribution in [3.05, 3.63) is 59.9 Å². The van der Waals surface area contributed by atoms with E-state index in [4.69, 9.17) is 5.73 Å². The van der Waals surface area contributed by atoms with Crippen molar-refractivity contribution in [1.29, 1.82) is 0 Å². The number of benzene rings is 2. The Morgan fingerprint density at radius 1 is 1.28 bits per heavy atom. The summed E-state index contributed by atoms with van der Waals surface area (Å²) >= 11 is 0. The average molecular weight is 341 g/mol. The van der Waals surface area contributed by atoms with Gasteiger partial charge in [-0.25, -0.2) is 4.39 Å². The Morgan fingerprint density at radius 2 is 2.04 bits per heavy atom. The van der Waals surface area contributed by atoms with Gasteiger partial charge in [0.15, 0.2) is 0 Å². The molecule has 25 heavy (non-hydrogen) atoms. The maximum absolute atomic E-state index is 13.7. The second kappa shape index (κ2) is 7.66. The first kappa shape index (κ1) is 17.4. The standard InChI is InChI=1S/C20H24FN3O/c1-14-11-16(15-5-3-2-4-6-15)13-24(14)10-9-20(25)23-19-12-17(22)7-8-18(19)21/h2-8,12,14,16H,9-11,13,22H2,1H3,(H,23,25)/t14-,16+/m1/s1. The Bertz CT molecular complexity index is 735. The van der Waals surface area contributed by atoms with Crippen LogP contribution >= 0.6 is 0 Å². The fourth-order valence-corrected chi connectivity index (χ4v) is 3.47. The summed E-state index contributed by atoms with van der Waals surface area (Å²) in [6, 6.07) is 15.1. The van der Waals surface area contributed by atoms with Gasteiger partial charge in [-0.1, -0.05) is 30.3 Å². The van der Waals surface area contributed by atoms with Crippen LogP contribution in [0.4, 0.5) is 15.8 Å². The number of hydrogen-bond donors (Lipinski definition) is 2. The second-order valence-corrected chi connectivity index (χ2v) is 6.72. The normalized spacial score (nSPS) is 20.6. The van der Waals surface area contributed by atoms with Gasteiger partial charge < -0.3 is 11.1 Å². The van der Waals surface area contributed by atoms with Gasteiger partial charge in [-0.2, -0.15) is 0 Å².